The minimum atomic E-state index is -0.835. The van der Waals surface area contributed by atoms with E-state index in [2.05, 4.69) is 0 Å². The van der Waals surface area contributed by atoms with Crippen LogP contribution in [-0.2, 0) is 0 Å². The van der Waals surface area contributed by atoms with Crippen LogP contribution in [0.3, 0.4) is 0 Å². The molecule has 2 aromatic rings. The first-order valence-corrected chi connectivity index (χ1v) is 5.89. The Bertz CT molecular complexity index is 528. The van der Waals surface area contributed by atoms with Crippen molar-refractivity contribution in [3.8, 4) is 11.5 Å². The molecule has 2 N–H and O–H groups in total. The Morgan fingerprint density at radius 3 is 2.44 bits per heavy atom. The van der Waals surface area contributed by atoms with Crippen molar-refractivity contribution < 1.29 is 14.9 Å². The van der Waals surface area contributed by atoms with Crippen LogP contribution < -0.4 is 4.74 Å². The fourth-order valence-electron chi connectivity index (χ4n) is 1.58. The molecule has 0 spiro atoms. The maximum atomic E-state index is 9.96. The molecule has 0 fully saturated rings. The molecule has 18 heavy (non-hydrogen) atoms. The van der Waals surface area contributed by atoms with Gasteiger partial charge in [0, 0.05) is 10.6 Å². The molecule has 0 radical (unpaired) electrons. The first kappa shape index (κ1) is 12.7. The lowest BCUT2D eigenvalue weighted by molar-refractivity contribution is 0.106. The summed E-state index contributed by atoms with van der Waals surface area (Å²) >= 11 is 5.97. The summed E-state index contributed by atoms with van der Waals surface area (Å²) in [6, 6.07) is 13.6. The van der Waals surface area contributed by atoms with Crippen LogP contribution in [0.1, 0.15) is 11.7 Å². The number of hydrogen-bond donors (Lipinski definition) is 2. The Kier molecular flexibility index (Phi) is 4.07. The summed E-state index contributed by atoms with van der Waals surface area (Å²) in [5.74, 6) is 0.382. The highest BCUT2D eigenvalue weighted by Crippen LogP contribution is 2.27. The van der Waals surface area contributed by atoms with Gasteiger partial charge in [0.05, 0.1) is 0 Å². The third kappa shape index (κ3) is 2.94. The van der Waals surface area contributed by atoms with Crippen LogP contribution in [0.25, 0.3) is 0 Å². The number of aliphatic hydroxyl groups excluding tert-OH is 1. The Hall–Kier alpha value is -1.71. The van der Waals surface area contributed by atoms with Gasteiger partial charge < -0.3 is 14.9 Å². The van der Waals surface area contributed by atoms with Gasteiger partial charge in [-0.25, -0.2) is 0 Å². The molecular formula is C14H13ClO3. The third-order valence-corrected chi connectivity index (χ3v) is 2.87. The molecule has 0 aliphatic heterocycles. The molecule has 94 valence electrons. The van der Waals surface area contributed by atoms with Crippen LogP contribution in [0.2, 0.25) is 5.02 Å². The molecule has 2 aromatic carbocycles. The lowest BCUT2D eigenvalue weighted by atomic mass is 10.1. The molecule has 0 aliphatic rings. The number of halogens is 1. The largest absolute Gasteiger partial charge is 0.504 e. The minimum absolute atomic E-state index is 0.0291. The predicted molar refractivity (Wildman–Crippen MR) is 70.0 cm³/mol. The molecule has 1 atom stereocenters. The number of phenols is 1. The van der Waals surface area contributed by atoms with E-state index in [4.69, 9.17) is 16.3 Å². The molecule has 2 rings (SSSR count). The summed E-state index contributed by atoms with van der Waals surface area (Å²) in [6.07, 6.45) is -0.835. The minimum Gasteiger partial charge on any atom is -0.504 e. The fraction of sp³-hybridized carbons (Fsp3) is 0.143. The second-order valence-electron chi connectivity index (χ2n) is 3.82. The Labute approximate surface area is 110 Å². The zero-order valence-corrected chi connectivity index (χ0v) is 10.3. The zero-order chi connectivity index (χ0) is 13.0. The van der Waals surface area contributed by atoms with Crippen molar-refractivity contribution in [2.24, 2.45) is 0 Å². The summed E-state index contributed by atoms with van der Waals surface area (Å²) in [5, 5.41) is 20.0. The second-order valence-corrected chi connectivity index (χ2v) is 4.22. The molecule has 3 nitrogen and oxygen atoms in total. The number of rotatable bonds is 4. The van der Waals surface area contributed by atoms with Gasteiger partial charge in [-0.1, -0.05) is 41.9 Å². The number of benzene rings is 2. The van der Waals surface area contributed by atoms with E-state index in [0.29, 0.717) is 16.3 Å². The Balaban J connectivity index is 2.03. The second kappa shape index (κ2) is 5.76. The molecule has 0 saturated carbocycles. The lowest BCUT2D eigenvalue weighted by Crippen LogP contribution is -2.10. The van der Waals surface area contributed by atoms with Gasteiger partial charge in [-0.05, 0) is 18.2 Å². The number of aromatic hydroxyl groups is 1. The first-order chi connectivity index (χ1) is 8.68. The predicted octanol–water partition coefficient (Wildman–Crippen LogP) is 3.16. The summed E-state index contributed by atoms with van der Waals surface area (Å²) in [6.45, 7) is 0.0291. The number of aliphatic hydroxyl groups is 1. The Morgan fingerprint density at radius 2 is 1.72 bits per heavy atom. The maximum absolute atomic E-state index is 9.96. The average Bonchev–Trinajstić information content (AvgIpc) is 2.38. The van der Waals surface area contributed by atoms with Crippen molar-refractivity contribution in [3.63, 3.8) is 0 Å². The van der Waals surface area contributed by atoms with Crippen molar-refractivity contribution in [2.45, 2.75) is 6.10 Å². The zero-order valence-electron chi connectivity index (χ0n) is 9.58. The summed E-state index contributed by atoms with van der Waals surface area (Å²) in [7, 11) is 0. The summed E-state index contributed by atoms with van der Waals surface area (Å²) < 4.78 is 5.35. The molecule has 1 unspecified atom stereocenters. The van der Waals surface area contributed by atoms with Gasteiger partial charge in [-0.2, -0.15) is 0 Å². The van der Waals surface area contributed by atoms with Gasteiger partial charge in [-0.3, -0.25) is 0 Å². The molecule has 0 bridgehead atoms. The van der Waals surface area contributed by atoms with Gasteiger partial charge in [0.25, 0.3) is 0 Å². The number of ether oxygens (including phenoxy) is 1. The van der Waals surface area contributed by atoms with Gasteiger partial charge in [-0.15, -0.1) is 0 Å². The third-order valence-electron chi connectivity index (χ3n) is 2.53. The average molecular weight is 265 g/mol. The van der Waals surface area contributed by atoms with Gasteiger partial charge >= 0.3 is 0 Å². The number of para-hydroxylation sites is 2. The van der Waals surface area contributed by atoms with Crippen molar-refractivity contribution in [1.29, 1.82) is 0 Å². The normalized spacial score (nSPS) is 12.1. The van der Waals surface area contributed by atoms with Crippen LogP contribution in [0.5, 0.6) is 11.5 Å². The van der Waals surface area contributed by atoms with Crippen molar-refractivity contribution >= 4 is 11.6 Å². The van der Waals surface area contributed by atoms with E-state index in [9.17, 15) is 10.2 Å². The van der Waals surface area contributed by atoms with Crippen LogP contribution in [0.15, 0.2) is 48.5 Å². The molecule has 0 aromatic heterocycles. The van der Waals surface area contributed by atoms with E-state index in [-0.39, 0.29) is 12.4 Å². The van der Waals surface area contributed by atoms with Crippen molar-refractivity contribution in [1.82, 2.24) is 0 Å². The van der Waals surface area contributed by atoms with Gasteiger partial charge in [0.2, 0.25) is 0 Å². The highest BCUT2D eigenvalue weighted by molar-refractivity contribution is 6.31. The number of phenolic OH excluding ortho intramolecular Hbond substituents is 1. The molecule has 0 heterocycles. The maximum Gasteiger partial charge on any atom is 0.161 e. The highest BCUT2D eigenvalue weighted by atomic mass is 35.5. The molecule has 0 aliphatic carbocycles. The SMILES string of the molecule is Oc1ccccc1OCC(O)c1ccccc1Cl. The molecular weight excluding hydrogens is 252 g/mol. The van der Waals surface area contributed by atoms with Gasteiger partial charge in [0.1, 0.15) is 12.7 Å². The van der Waals surface area contributed by atoms with Crippen molar-refractivity contribution in [2.75, 3.05) is 6.61 Å². The summed E-state index contributed by atoms with van der Waals surface area (Å²) in [5.41, 5.74) is 0.606. The van der Waals surface area contributed by atoms with E-state index in [0.717, 1.165) is 0 Å². The van der Waals surface area contributed by atoms with Crippen LogP contribution >= 0.6 is 11.6 Å². The monoisotopic (exact) mass is 264 g/mol. The number of hydrogen-bond acceptors (Lipinski definition) is 3. The van der Waals surface area contributed by atoms with Gasteiger partial charge in [0.15, 0.2) is 11.5 Å². The standard InChI is InChI=1S/C14H13ClO3/c15-11-6-2-1-5-10(11)13(17)9-18-14-8-4-3-7-12(14)16/h1-8,13,16-17H,9H2. The van der Waals surface area contributed by atoms with E-state index in [1.165, 1.54) is 6.07 Å². The molecule has 4 heteroatoms. The molecule has 0 saturated heterocycles. The van der Waals surface area contributed by atoms with E-state index in [1.807, 2.05) is 0 Å². The lowest BCUT2D eigenvalue weighted by Gasteiger charge is -2.14. The van der Waals surface area contributed by atoms with Crippen molar-refractivity contribution in [3.05, 3.63) is 59.1 Å². The highest BCUT2D eigenvalue weighted by Gasteiger charge is 2.12. The quantitative estimate of drug-likeness (QED) is 0.892. The fourth-order valence-corrected chi connectivity index (χ4v) is 1.84. The van der Waals surface area contributed by atoms with Crippen LogP contribution in [0, 0.1) is 0 Å². The van der Waals surface area contributed by atoms with Crippen LogP contribution in [-0.4, -0.2) is 16.8 Å². The smallest absolute Gasteiger partial charge is 0.161 e. The van der Waals surface area contributed by atoms with E-state index in [1.54, 1.807) is 42.5 Å². The molecule has 0 amide bonds. The van der Waals surface area contributed by atoms with E-state index < -0.39 is 6.10 Å². The first-order valence-electron chi connectivity index (χ1n) is 5.52. The topological polar surface area (TPSA) is 49.7 Å². The van der Waals surface area contributed by atoms with Crippen LogP contribution in [0.4, 0.5) is 0 Å². The van der Waals surface area contributed by atoms with E-state index >= 15 is 0 Å². The Morgan fingerprint density at radius 1 is 1.06 bits per heavy atom. The summed E-state index contributed by atoms with van der Waals surface area (Å²) in [4.78, 5) is 0.